The highest BCUT2D eigenvalue weighted by atomic mass is 32.2. The van der Waals surface area contributed by atoms with Gasteiger partial charge in [0.05, 0.1) is 11.1 Å². The number of unbranched alkanes of at least 4 members (excludes halogenated alkanes) is 1. The Labute approximate surface area is 206 Å². The summed E-state index contributed by atoms with van der Waals surface area (Å²) in [4.78, 5) is 32.8. The van der Waals surface area contributed by atoms with E-state index < -0.39 is 16.0 Å². The fourth-order valence-corrected chi connectivity index (χ4v) is 4.91. The molecule has 2 heterocycles. The quantitative estimate of drug-likeness (QED) is 0.364. The number of fused-ring (bicyclic) bond motifs is 1. The van der Waals surface area contributed by atoms with E-state index in [1.165, 1.54) is 19.1 Å². The maximum Gasteiger partial charge on any atom is 0.282 e. The van der Waals surface area contributed by atoms with Gasteiger partial charge < -0.3 is 15.6 Å². The molecule has 3 rings (SSSR count). The first-order valence-electron chi connectivity index (χ1n) is 11.5. The highest BCUT2D eigenvalue weighted by Crippen LogP contribution is 2.20. The summed E-state index contributed by atoms with van der Waals surface area (Å²) < 4.78 is 40.9. The summed E-state index contributed by atoms with van der Waals surface area (Å²) in [6.45, 7) is 9.07. The Balaban J connectivity index is 0.000000296. The highest BCUT2D eigenvalue weighted by molar-refractivity contribution is 7.86. The van der Waals surface area contributed by atoms with E-state index in [1.807, 2.05) is 6.92 Å². The minimum atomic E-state index is -3.22. The predicted octanol–water partition coefficient (Wildman–Crippen LogP) is 1.70. The highest BCUT2D eigenvalue weighted by Gasteiger charge is 2.28. The molecule has 1 saturated heterocycles. The van der Waals surface area contributed by atoms with Crippen molar-refractivity contribution in [3.63, 3.8) is 0 Å². The van der Waals surface area contributed by atoms with Crippen molar-refractivity contribution in [1.82, 2.24) is 24.2 Å². The molecular weight excluding hydrogens is 477 g/mol. The van der Waals surface area contributed by atoms with Gasteiger partial charge in [-0.25, -0.2) is 4.39 Å². The molecule has 1 aromatic heterocycles. The number of nitrogens with one attached hydrogen (secondary N) is 3. The van der Waals surface area contributed by atoms with Gasteiger partial charge in [0.1, 0.15) is 5.82 Å². The smallest absolute Gasteiger partial charge is 0.282 e. The van der Waals surface area contributed by atoms with Gasteiger partial charge in [-0.05, 0) is 24.6 Å². The molecule has 1 amide bonds. The Morgan fingerprint density at radius 1 is 1.20 bits per heavy atom. The minimum absolute atomic E-state index is 0.225. The van der Waals surface area contributed by atoms with Crippen molar-refractivity contribution in [1.29, 1.82) is 0 Å². The van der Waals surface area contributed by atoms with E-state index in [0.717, 1.165) is 25.9 Å². The van der Waals surface area contributed by atoms with Crippen molar-refractivity contribution >= 4 is 39.1 Å². The lowest BCUT2D eigenvalue weighted by atomic mass is 10.1. The SMILES string of the molecule is CC(=O)C=O.CCCCN(CC)S(=O)(=O)N1CCNCC1.CNC(=O)c1ccc(F)c2cc[nH]c12. The number of hydrogen-bond donors (Lipinski definition) is 3. The van der Waals surface area contributed by atoms with Gasteiger partial charge in [-0.3, -0.25) is 14.4 Å². The number of halogens is 1. The first kappa shape index (κ1) is 30.4. The molecule has 0 spiro atoms. The van der Waals surface area contributed by atoms with Crippen LogP contribution in [0.5, 0.6) is 0 Å². The Hall–Kier alpha value is -2.67. The topological polar surface area (TPSA) is 132 Å². The molecule has 2 aromatic rings. The van der Waals surface area contributed by atoms with E-state index in [2.05, 4.69) is 22.5 Å². The normalized spacial score (nSPS) is 13.9. The Morgan fingerprint density at radius 3 is 2.34 bits per heavy atom. The van der Waals surface area contributed by atoms with Crippen LogP contribution >= 0.6 is 0 Å². The van der Waals surface area contributed by atoms with Gasteiger partial charge >= 0.3 is 0 Å². The third-order valence-electron chi connectivity index (χ3n) is 5.15. The van der Waals surface area contributed by atoms with Gasteiger partial charge in [-0.2, -0.15) is 17.0 Å². The van der Waals surface area contributed by atoms with Gasteiger partial charge in [0.2, 0.25) is 0 Å². The van der Waals surface area contributed by atoms with Crippen molar-refractivity contribution in [2.45, 2.75) is 33.6 Å². The maximum atomic E-state index is 13.2. The Morgan fingerprint density at radius 2 is 1.83 bits per heavy atom. The average molecular weight is 514 g/mol. The Kier molecular flexibility index (Phi) is 13.3. The number of amides is 1. The first-order chi connectivity index (χ1) is 16.6. The zero-order valence-corrected chi connectivity index (χ0v) is 21.6. The summed E-state index contributed by atoms with van der Waals surface area (Å²) in [7, 11) is -1.68. The van der Waals surface area contributed by atoms with E-state index in [1.54, 1.807) is 27.9 Å². The molecule has 3 N–H and O–H groups in total. The summed E-state index contributed by atoms with van der Waals surface area (Å²) >= 11 is 0. The fourth-order valence-electron chi connectivity index (χ4n) is 3.25. The predicted molar refractivity (Wildman–Crippen MR) is 134 cm³/mol. The van der Waals surface area contributed by atoms with Crippen LogP contribution in [0.3, 0.4) is 0 Å². The molecule has 35 heavy (non-hydrogen) atoms. The Bertz CT molecular complexity index is 1070. The van der Waals surface area contributed by atoms with Crippen LogP contribution in [0.25, 0.3) is 10.9 Å². The number of nitrogens with zero attached hydrogens (tertiary/aromatic N) is 2. The van der Waals surface area contributed by atoms with Crippen LogP contribution < -0.4 is 10.6 Å². The van der Waals surface area contributed by atoms with Crippen LogP contribution in [0.15, 0.2) is 24.4 Å². The van der Waals surface area contributed by atoms with Gasteiger partial charge in [0.15, 0.2) is 12.1 Å². The van der Waals surface area contributed by atoms with Crippen molar-refractivity contribution in [3.05, 3.63) is 35.8 Å². The lowest BCUT2D eigenvalue weighted by Gasteiger charge is -2.31. The molecule has 1 aliphatic rings. The standard InChI is InChI=1S/C10H9FN2O.C10H23N3O2S.C3H4O2/c1-12-10(14)7-2-3-8(11)6-4-5-13-9(6)7;1-3-5-8-12(4-2)16(14,15)13-9-6-11-7-10-13;1-3(5)2-4/h2-5,13H,1H3,(H,12,14);11H,3-10H2,1-2H3;2H,1H3. The van der Waals surface area contributed by atoms with Crippen molar-refractivity contribution in [2.75, 3.05) is 46.3 Å². The second-order valence-corrected chi connectivity index (χ2v) is 9.60. The number of aromatic amines is 1. The number of rotatable bonds is 8. The van der Waals surface area contributed by atoms with Crippen LogP contribution in [0, 0.1) is 5.82 Å². The molecule has 0 aliphatic carbocycles. The molecular formula is C23H36FN5O5S. The molecule has 0 unspecified atom stereocenters. The van der Waals surface area contributed by atoms with Crippen molar-refractivity contribution in [2.24, 2.45) is 0 Å². The molecule has 1 fully saturated rings. The van der Waals surface area contributed by atoms with Gasteiger partial charge in [-0.1, -0.05) is 20.3 Å². The number of ketones is 1. The number of Topliss-reactive ketones (excluding diaryl/α,β-unsaturated/α-hetero) is 1. The van der Waals surface area contributed by atoms with E-state index in [0.29, 0.717) is 42.6 Å². The third-order valence-corrected chi connectivity index (χ3v) is 7.26. The molecule has 1 aliphatic heterocycles. The molecule has 0 bridgehead atoms. The van der Waals surface area contributed by atoms with Gasteiger partial charge in [0, 0.05) is 64.8 Å². The largest absolute Gasteiger partial charge is 0.360 e. The molecule has 0 saturated carbocycles. The molecule has 0 atom stereocenters. The van der Waals surface area contributed by atoms with E-state index in [-0.39, 0.29) is 18.0 Å². The number of carbonyl (C=O) groups is 3. The number of piperazine rings is 1. The van der Waals surface area contributed by atoms with E-state index in [4.69, 9.17) is 4.79 Å². The fraction of sp³-hybridized carbons (Fsp3) is 0.522. The number of H-pyrrole nitrogens is 1. The molecule has 1 aromatic carbocycles. The monoisotopic (exact) mass is 513 g/mol. The number of aldehydes is 1. The number of carbonyl (C=O) groups excluding carboxylic acids is 3. The lowest BCUT2D eigenvalue weighted by molar-refractivity contribution is -0.128. The molecule has 12 heteroatoms. The summed E-state index contributed by atoms with van der Waals surface area (Å²) in [6.07, 6.45) is 3.84. The zero-order chi connectivity index (χ0) is 26.4. The van der Waals surface area contributed by atoms with Crippen LogP contribution in [-0.2, 0) is 19.8 Å². The van der Waals surface area contributed by atoms with Gasteiger partial charge in [0.25, 0.3) is 16.1 Å². The van der Waals surface area contributed by atoms with Crippen molar-refractivity contribution < 1.29 is 27.2 Å². The zero-order valence-electron chi connectivity index (χ0n) is 20.8. The van der Waals surface area contributed by atoms with Crippen LogP contribution in [0.2, 0.25) is 0 Å². The second-order valence-electron chi connectivity index (χ2n) is 7.67. The average Bonchev–Trinajstić information content (AvgIpc) is 3.36. The minimum Gasteiger partial charge on any atom is -0.360 e. The molecule has 10 nitrogen and oxygen atoms in total. The summed E-state index contributed by atoms with van der Waals surface area (Å²) in [5, 5.41) is 6.10. The molecule has 0 radical (unpaired) electrons. The first-order valence-corrected chi connectivity index (χ1v) is 12.9. The summed E-state index contributed by atoms with van der Waals surface area (Å²) in [5.74, 6) is -0.976. The summed E-state index contributed by atoms with van der Waals surface area (Å²) in [5.41, 5.74) is 0.984. The third kappa shape index (κ3) is 9.13. The molecule has 196 valence electrons. The lowest BCUT2D eigenvalue weighted by Crippen LogP contribution is -2.51. The summed E-state index contributed by atoms with van der Waals surface area (Å²) in [6, 6.07) is 4.37. The van der Waals surface area contributed by atoms with Crippen LogP contribution in [-0.4, -0.2) is 86.3 Å². The maximum absolute atomic E-state index is 13.2. The second kappa shape index (κ2) is 15.4. The van der Waals surface area contributed by atoms with E-state index >= 15 is 0 Å². The van der Waals surface area contributed by atoms with Gasteiger partial charge in [-0.15, -0.1) is 0 Å². The number of benzene rings is 1. The van der Waals surface area contributed by atoms with Crippen LogP contribution in [0.4, 0.5) is 4.39 Å². The number of hydrogen-bond acceptors (Lipinski definition) is 6. The van der Waals surface area contributed by atoms with Crippen LogP contribution in [0.1, 0.15) is 44.0 Å². The van der Waals surface area contributed by atoms with Crippen molar-refractivity contribution in [3.8, 4) is 0 Å². The van der Waals surface area contributed by atoms with E-state index in [9.17, 15) is 22.4 Å². The number of aromatic nitrogens is 1.